The molecule has 1 spiro atoms. The Morgan fingerprint density at radius 3 is 2.48 bits per heavy atom. The van der Waals surface area contributed by atoms with Gasteiger partial charge in [0.05, 0.1) is 16.6 Å². The molecule has 138 valence electrons. The first-order chi connectivity index (χ1) is 11.9. The van der Waals surface area contributed by atoms with E-state index in [9.17, 15) is 8.42 Å². The molecule has 0 N–H and O–H groups in total. The predicted molar refractivity (Wildman–Crippen MR) is 95.1 cm³/mol. The van der Waals surface area contributed by atoms with Crippen molar-refractivity contribution in [3.63, 3.8) is 0 Å². The summed E-state index contributed by atoms with van der Waals surface area (Å²) in [5, 5.41) is 0. The van der Waals surface area contributed by atoms with Crippen LogP contribution in [0.3, 0.4) is 0 Å². The molecule has 5 nitrogen and oxygen atoms in total. The molecule has 1 aromatic carbocycles. The molecule has 0 radical (unpaired) electrons. The average molecular weight is 365 g/mol. The first-order valence-corrected chi connectivity index (χ1v) is 10.6. The van der Waals surface area contributed by atoms with Crippen LogP contribution in [0.2, 0.25) is 0 Å². The molecule has 2 heterocycles. The summed E-state index contributed by atoms with van der Waals surface area (Å²) in [6, 6.07) is 5.48. The van der Waals surface area contributed by atoms with Crippen LogP contribution in [0.25, 0.3) is 0 Å². The van der Waals surface area contributed by atoms with Crippen LogP contribution in [0.15, 0.2) is 23.1 Å². The highest BCUT2D eigenvalue weighted by atomic mass is 32.2. The quantitative estimate of drug-likeness (QED) is 0.805. The molecule has 0 unspecified atom stereocenters. The lowest BCUT2D eigenvalue weighted by Crippen LogP contribution is -2.67. The third-order valence-corrected chi connectivity index (χ3v) is 7.24. The maximum Gasteiger partial charge on any atom is 0.243 e. The summed E-state index contributed by atoms with van der Waals surface area (Å²) >= 11 is 0. The van der Waals surface area contributed by atoms with Crippen molar-refractivity contribution >= 4 is 10.0 Å². The molecule has 1 aromatic rings. The van der Waals surface area contributed by atoms with E-state index in [4.69, 9.17) is 9.47 Å². The smallest absolute Gasteiger partial charge is 0.243 e. The van der Waals surface area contributed by atoms with Crippen molar-refractivity contribution in [2.45, 2.75) is 56.1 Å². The molecule has 0 bridgehead atoms. The fraction of sp³-hybridized carbons (Fsp3) is 0.684. The molecule has 0 amide bonds. The van der Waals surface area contributed by atoms with Gasteiger partial charge in [0.1, 0.15) is 0 Å². The Morgan fingerprint density at radius 2 is 1.84 bits per heavy atom. The number of nitrogens with zero attached hydrogens (tertiary/aromatic N) is 1. The lowest BCUT2D eigenvalue weighted by Gasteiger charge is -2.52. The minimum atomic E-state index is -3.44. The number of aryl methyl sites for hydroxylation is 2. The Hall–Kier alpha value is -0.950. The van der Waals surface area contributed by atoms with Crippen molar-refractivity contribution in [2.24, 2.45) is 5.92 Å². The predicted octanol–water partition coefficient (Wildman–Crippen LogP) is 2.65. The van der Waals surface area contributed by atoms with E-state index < -0.39 is 10.0 Å². The molecule has 6 heteroatoms. The van der Waals surface area contributed by atoms with Crippen molar-refractivity contribution in [3.8, 4) is 0 Å². The van der Waals surface area contributed by atoms with Gasteiger partial charge in [-0.1, -0.05) is 6.07 Å². The van der Waals surface area contributed by atoms with Gasteiger partial charge in [-0.25, -0.2) is 8.42 Å². The van der Waals surface area contributed by atoms with Crippen LogP contribution in [-0.2, 0) is 19.5 Å². The molecular formula is C19H27NO4S. The highest BCUT2D eigenvalue weighted by Crippen LogP contribution is 2.39. The van der Waals surface area contributed by atoms with Crippen molar-refractivity contribution in [2.75, 3.05) is 26.3 Å². The molecular weight excluding hydrogens is 338 g/mol. The fourth-order valence-corrected chi connectivity index (χ4v) is 5.68. The van der Waals surface area contributed by atoms with Crippen molar-refractivity contribution in [1.82, 2.24) is 4.31 Å². The average Bonchev–Trinajstić information content (AvgIpc) is 3.34. The number of sulfonamides is 1. The molecule has 1 saturated carbocycles. The topological polar surface area (TPSA) is 55.8 Å². The highest BCUT2D eigenvalue weighted by molar-refractivity contribution is 7.89. The normalized spacial score (nSPS) is 26.6. The standard InChI is InChI=1S/C19H27NO4S/c1-14-7-15(2)9-18(8-14)25(21,22)20-12-19(13-20)10-17(5-6-24-19)23-11-16-3-4-16/h7-9,16-17H,3-6,10-13H2,1-2H3/t17-/m0/s1. The molecule has 4 rings (SSSR count). The number of hydrogen-bond donors (Lipinski definition) is 0. The summed E-state index contributed by atoms with van der Waals surface area (Å²) in [4.78, 5) is 0.386. The van der Waals surface area contributed by atoms with Crippen LogP contribution < -0.4 is 0 Å². The van der Waals surface area contributed by atoms with Crippen LogP contribution in [-0.4, -0.2) is 50.7 Å². The summed E-state index contributed by atoms with van der Waals surface area (Å²) < 4.78 is 39.3. The minimum absolute atomic E-state index is 0.209. The van der Waals surface area contributed by atoms with E-state index in [0.717, 1.165) is 36.5 Å². The van der Waals surface area contributed by atoms with Gasteiger partial charge in [-0.3, -0.25) is 0 Å². The first-order valence-electron chi connectivity index (χ1n) is 9.20. The van der Waals surface area contributed by atoms with Gasteiger partial charge in [0.25, 0.3) is 0 Å². The van der Waals surface area contributed by atoms with Crippen LogP contribution in [0.1, 0.15) is 36.8 Å². The third-order valence-electron chi connectivity index (χ3n) is 5.47. The van der Waals surface area contributed by atoms with E-state index in [1.165, 1.54) is 12.8 Å². The summed E-state index contributed by atoms with van der Waals surface area (Å²) in [6.07, 6.45) is 4.50. The van der Waals surface area contributed by atoms with Crippen molar-refractivity contribution in [3.05, 3.63) is 29.3 Å². The SMILES string of the molecule is Cc1cc(C)cc(S(=O)(=O)N2CC3(C[C@@H](OCC4CC4)CCO3)C2)c1. The van der Waals surface area contributed by atoms with Crippen LogP contribution >= 0.6 is 0 Å². The summed E-state index contributed by atoms with van der Waals surface area (Å²) in [5.74, 6) is 0.752. The van der Waals surface area contributed by atoms with Gasteiger partial charge in [0.2, 0.25) is 10.0 Å². The number of rotatable bonds is 5. The lowest BCUT2D eigenvalue weighted by atomic mass is 9.86. The first kappa shape index (κ1) is 17.5. The molecule has 1 aliphatic carbocycles. The van der Waals surface area contributed by atoms with Gasteiger partial charge in [-0.2, -0.15) is 4.31 Å². The zero-order valence-corrected chi connectivity index (χ0v) is 15.8. The Balaban J connectivity index is 1.41. The molecule has 3 fully saturated rings. The largest absolute Gasteiger partial charge is 0.378 e. The monoisotopic (exact) mass is 365 g/mol. The Morgan fingerprint density at radius 1 is 1.16 bits per heavy atom. The molecule has 1 atom stereocenters. The Bertz CT molecular complexity index is 730. The second kappa shape index (κ2) is 6.34. The zero-order chi connectivity index (χ0) is 17.7. The molecule has 25 heavy (non-hydrogen) atoms. The van der Waals surface area contributed by atoms with E-state index in [2.05, 4.69) is 0 Å². The second-order valence-electron chi connectivity index (χ2n) is 8.02. The van der Waals surface area contributed by atoms with Crippen LogP contribution in [0, 0.1) is 19.8 Å². The zero-order valence-electron chi connectivity index (χ0n) is 15.0. The maximum atomic E-state index is 12.9. The molecule has 0 aromatic heterocycles. The second-order valence-corrected chi connectivity index (χ2v) is 9.96. The summed E-state index contributed by atoms with van der Waals surface area (Å²) in [6.45, 7) is 6.24. The molecule has 3 aliphatic rings. The third kappa shape index (κ3) is 3.63. The van der Waals surface area contributed by atoms with E-state index in [1.807, 2.05) is 19.9 Å². The van der Waals surface area contributed by atoms with Crippen molar-refractivity contribution < 1.29 is 17.9 Å². The summed E-state index contributed by atoms with van der Waals surface area (Å²) in [7, 11) is -3.44. The van der Waals surface area contributed by atoms with Crippen molar-refractivity contribution in [1.29, 1.82) is 0 Å². The Labute approximate surface area is 150 Å². The van der Waals surface area contributed by atoms with Gasteiger partial charge in [0.15, 0.2) is 0 Å². The van der Waals surface area contributed by atoms with Gasteiger partial charge >= 0.3 is 0 Å². The minimum Gasteiger partial charge on any atom is -0.378 e. The number of hydrogen-bond acceptors (Lipinski definition) is 4. The lowest BCUT2D eigenvalue weighted by molar-refractivity contribution is -0.179. The molecule has 2 aliphatic heterocycles. The highest BCUT2D eigenvalue weighted by Gasteiger charge is 2.52. The number of ether oxygens (including phenoxy) is 2. The van der Waals surface area contributed by atoms with Gasteiger partial charge < -0.3 is 9.47 Å². The van der Waals surface area contributed by atoms with E-state index in [0.29, 0.717) is 24.6 Å². The molecule has 2 saturated heterocycles. The van der Waals surface area contributed by atoms with E-state index in [-0.39, 0.29) is 11.7 Å². The van der Waals surface area contributed by atoms with Crippen LogP contribution in [0.5, 0.6) is 0 Å². The van der Waals surface area contributed by atoms with Gasteiger partial charge in [0, 0.05) is 32.7 Å². The van der Waals surface area contributed by atoms with Gasteiger partial charge in [-0.05, 0) is 62.3 Å². The Kier molecular flexibility index (Phi) is 4.43. The van der Waals surface area contributed by atoms with E-state index in [1.54, 1.807) is 16.4 Å². The van der Waals surface area contributed by atoms with Gasteiger partial charge in [-0.15, -0.1) is 0 Å². The van der Waals surface area contributed by atoms with E-state index >= 15 is 0 Å². The van der Waals surface area contributed by atoms with Crippen LogP contribution in [0.4, 0.5) is 0 Å². The summed E-state index contributed by atoms with van der Waals surface area (Å²) in [5.41, 5.74) is 1.59. The fourth-order valence-electron chi connectivity index (χ4n) is 3.90. The number of benzene rings is 1. The maximum absolute atomic E-state index is 12.9.